The summed E-state index contributed by atoms with van der Waals surface area (Å²) < 4.78 is 25.9. The summed E-state index contributed by atoms with van der Waals surface area (Å²) in [7, 11) is 0. The van der Waals surface area contributed by atoms with E-state index in [1.807, 2.05) is 6.92 Å². The Kier molecular flexibility index (Phi) is 4.94. The summed E-state index contributed by atoms with van der Waals surface area (Å²) in [6, 6.07) is 2.72. The lowest BCUT2D eigenvalue weighted by Crippen LogP contribution is -2.09. The quantitative estimate of drug-likeness (QED) is 0.564. The van der Waals surface area contributed by atoms with Crippen LogP contribution in [0.25, 0.3) is 0 Å². The summed E-state index contributed by atoms with van der Waals surface area (Å²) in [5.41, 5.74) is -0.226. The molecule has 0 aromatic heterocycles. The number of Topliss-reactive ketones (excluding diaryl/α,β-unsaturated/α-hetero) is 2. The van der Waals surface area contributed by atoms with E-state index < -0.39 is 17.4 Å². The van der Waals surface area contributed by atoms with Crippen LogP contribution in [0.3, 0.4) is 0 Å². The maximum absolute atomic E-state index is 13.2. The number of carbonyl (C=O) groups is 2. The summed E-state index contributed by atoms with van der Waals surface area (Å²) in [4.78, 5) is 22.9. The number of hydrogen-bond acceptors (Lipinski definition) is 2. The zero-order valence-corrected chi connectivity index (χ0v) is 9.63. The van der Waals surface area contributed by atoms with Crippen LogP contribution in [0.1, 0.15) is 43.0 Å². The van der Waals surface area contributed by atoms with E-state index in [0.29, 0.717) is 12.5 Å². The van der Waals surface area contributed by atoms with Crippen molar-refractivity contribution >= 4 is 11.6 Å². The number of hydrogen-bond donors (Lipinski definition) is 0. The van der Waals surface area contributed by atoms with Crippen LogP contribution in [0, 0.1) is 11.6 Å². The average molecular weight is 240 g/mol. The van der Waals surface area contributed by atoms with Gasteiger partial charge in [0.2, 0.25) is 0 Å². The molecule has 0 bridgehead atoms. The monoisotopic (exact) mass is 240 g/mol. The molecule has 0 heterocycles. The fourth-order valence-electron chi connectivity index (χ4n) is 1.45. The third kappa shape index (κ3) is 4.06. The fourth-order valence-corrected chi connectivity index (χ4v) is 1.45. The molecule has 1 rings (SSSR count). The second kappa shape index (κ2) is 6.23. The minimum atomic E-state index is -0.918. The summed E-state index contributed by atoms with van der Waals surface area (Å²) in [5, 5.41) is 0. The highest BCUT2D eigenvalue weighted by Crippen LogP contribution is 2.12. The molecule has 0 amide bonds. The van der Waals surface area contributed by atoms with Crippen molar-refractivity contribution in [3.63, 3.8) is 0 Å². The number of ketones is 2. The van der Waals surface area contributed by atoms with Crippen LogP contribution < -0.4 is 0 Å². The van der Waals surface area contributed by atoms with Crippen molar-refractivity contribution in [3.8, 4) is 0 Å². The Hall–Kier alpha value is -1.58. The van der Waals surface area contributed by atoms with Crippen LogP contribution in [0.5, 0.6) is 0 Å². The van der Waals surface area contributed by atoms with Crippen molar-refractivity contribution < 1.29 is 18.4 Å². The highest BCUT2D eigenvalue weighted by Gasteiger charge is 2.15. The molecule has 0 saturated heterocycles. The fraction of sp³-hybridized carbons (Fsp3) is 0.385. The standard InChI is InChI=1S/C13H14F2O2/c1-2-3-4-10(16)8-13(17)11-6-5-9(14)7-12(11)15/h5-7H,2-4,8H2,1H3. The first-order valence-electron chi connectivity index (χ1n) is 5.54. The minimum absolute atomic E-state index is 0.208. The largest absolute Gasteiger partial charge is 0.299 e. The van der Waals surface area contributed by atoms with E-state index in [0.717, 1.165) is 25.0 Å². The van der Waals surface area contributed by atoms with Crippen LogP contribution in [0.2, 0.25) is 0 Å². The van der Waals surface area contributed by atoms with Gasteiger partial charge in [0.05, 0.1) is 12.0 Å². The second-order valence-corrected chi connectivity index (χ2v) is 3.87. The van der Waals surface area contributed by atoms with Gasteiger partial charge in [0.25, 0.3) is 0 Å². The van der Waals surface area contributed by atoms with Crippen molar-refractivity contribution in [1.29, 1.82) is 0 Å². The molecule has 17 heavy (non-hydrogen) atoms. The molecule has 1 aromatic carbocycles. The van der Waals surface area contributed by atoms with E-state index in [4.69, 9.17) is 0 Å². The average Bonchev–Trinajstić information content (AvgIpc) is 2.26. The first-order chi connectivity index (χ1) is 8.04. The Labute approximate surface area is 98.6 Å². The summed E-state index contributed by atoms with van der Waals surface area (Å²) in [6.07, 6.45) is 1.59. The van der Waals surface area contributed by atoms with Gasteiger partial charge >= 0.3 is 0 Å². The van der Waals surface area contributed by atoms with E-state index in [-0.39, 0.29) is 17.8 Å². The van der Waals surface area contributed by atoms with Gasteiger partial charge in [0, 0.05) is 12.5 Å². The SMILES string of the molecule is CCCCC(=O)CC(=O)c1ccc(F)cc1F. The Morgan fingerprint density at radius 3 is 2.53 bits per heavy atom. The molecule has 1 aromatic rings. The number of carbonyl (C=O) groups excluding carboxylic acids is 2. The van der Waals surface area contributed by atoms with Gasteiger partial charge in [-0.2, -0.15) is 0 Å². The predicted octanol–water partition coefficient (Wildman–Crippen LogP) is 3.30. The molecule has 0 radical (unpaired) electrons. The van der Waals surface area contributed by atoms with Gasteiger partial charge in [-0.1, -0.05) is 13.3 Å². The van der Waals surface area contributed by atoms with Gasteiger partial charge in [0.15, 0.2) is 5.78 Å². The topological polar surface area (TPSA) is 34.1 Å². The normalized spacial score (nSPS) is 10.3. The smallest absolute Gasteiger partial charge is 0.173 e. The predicted molar refractivity (Wildman–Crippen MR) is 59.8 cm³/mol. The van der Waals surface area contributed by atoms with Crippen LogP contribution in [-0.2, 0) is 4.79 Å². The Bertz CT molecular complexity index is 427. The van der Waals surface area contributed by atoms with E-state index in [9.17, 15) is 18.4 Å². The number of rotatable bonds is 6. The lowest BCUT2D eigenvalue weighted by atomic mass is 10.0. The zero-order chi connectivity index (χ0) is 12.8. The Balaban J connectivity index is 2.67. The van der Waals surface area contributed by atoms with E-state index in [1.54, 1.807) is 0 Å². The van der Waals surface area contributed by atoms with Crippen LogP contribution >= 0.6 is 0 Å². The maximum Gasteiger partial charge on any atom is 0.173 e. The lowest BCUT2D eigenvalue weighted by molar-refractivity contribution is -0.118. The molecule has 0 spiro atoms. The van der Waals surface area contributed by atoms with Gasteiger partial charge in [-0.05, 0) is 18.6 Å². The van der Waals surface area contributed by atoms with Crippen LogP contribution in [0.15, 0.2) is 18.2 Å². The summed E-state index contributed by atoms with van der Waals surface area (Å²) in [6.45, 7) is 1.94. The van der Waals surface area contributed by atoms with E-state index in [1.165, 1.54) is 0 Å². The molecule has 0 aliphatic rings. The first kappa shape index (κ1) is 13.5. The van der Waals surface area contributed by atoms with Gasteiger partial charge < -0.3 is 0 Å². The Morgan fingerprint density at radius 2 is 1.94 bits per heavy atom. The summed E-state index contributed by atoms with van der Waals surface area (Å²) in [5.74, 6) is -2.46. The molecular formula is C13H14F2O2. The van der Waals surface area contributed by atoms with Crippen molar-refractivity contribution in [1.82, 2.24) is 0 Å². The first-order valence-corrected chi connectivity index (χ1v) is 5.54. The lowest BCUT2D eigenvalue weighted by Gasteiger charge is -2.02. The van der Waals surface area contributed by atoms with Gasteiger partial charge in [-0.25, -0.2) is 8.78 Å². The molecule has 0 N–H and O–H groups in total. The molecule has 92 valence electrons. The molecule has 2 nitrogen and oxygen atoms in total. The highest BCUT2D eigenvalue weighted by molar-refractivity contribution is 6.08. The molecule has 0 aliphatic carbocycles. The van der Waals surface area contributed by atoms with Gasteiger partial charge in [0.1, 0.15) is 17.4 Å². The molecule has 0 aliphatic heterocycles. The van der Waals surface area contributed by atoms with E-state index in [2.05, 4.69) is 0 Å². The maximum atomic E-state index is 13.2. The number of benzene rings is 1. The molecule has 0 fully saturated rings. The van der Waals surface area contributed by atoms with Gasteiger partial charge in [-0.3, -0.25) is 9.59 Å². The van der Waals surface area contributed by atoms with Crippen LogP contribution in [-0.4, -0.2) is 11.6 Å². The van der Waals surface area contributed by atoms with Crippen LogP contribution in [0.4, 0.5) is 8.78 Å². The molecule has 0 atom stereocenters. The molecular weight excluding hydrogens is 226 g/mol. The van der Waals surface area contributed by atoms with Crippen molar-refractivity contribution in [2.45, 2.75) is 32.6 Å². The highest BCUT2D eigenvalue weighted by atomic mass is 19.1. The van der Waals surface area contributed by atoms with Crippen molar-refractivity contribution in [2.75, 3.05) is 0 Å². The number of halogens is 2. The minimum Gasteiger partial charge on any atom is -0.299 e. The molecule has 4 heteroatoms. The zero-order valence-electron chi connectivity index (χ0n) is 9.63. The van der Waals surface area contributed by atoms with E-state index >= 15 is 0 Å². The third-order valence-corrected chi connectivity index (χ3v) is 2.40. The molecule has 0 unspecified atom stereocenters. The number of unbranched alkanes of at least 4 members (excludes halogenated alkanes) is 1. The Morgan fingerprint density at radius 1 is 1.24 bits per heavy atom. The van der Waals surface area contributed by atoms with Gasteiger partial charge in [-0.15, -0.1) is 0 Å². The molecule has 0 saturated carbocycles. The summed E-state index contributed by atoms with van der Waals surface area (Å²) >= 11 is 0. The van der Waals surface area contributed by atoms with Crippen molar-refractivity contribution in [3.05, 3.63) is 35.4 Å². The van der Waals surface area contributed by atoms with Crippen molar-refractivity contribution in [2.24, 2.45) is 0 Å². The second-order valence-electron chi connectivity index (χ2n) is 3.87. The third-order valence-electron chi connectivity index (χ3n) is 2.40.